The van der Waals surface area contributed by atoms with Gasteiger partial charge in [-0.05, 0) is 24.5 Å². The van der Waals surface area contributed by atoms with Gasteiger partial charge in [0, 0.05) is 42.1 Å². The lowest BCUT2D eigenvalue weighted by Gasteiger charge is -2.38. The van der Waals surface area contributed by atoms with E-state index in [4.69, 9.17) is 22.1 Å². The second-order valence-electron chi connectivity index (χ2n) is 5.89. The molecule has 0 unspecified atom stereocenters. The van der Waals surface area contributed by atoms with Crippen LogP contribution in [0.3, 0.4) is 0 Å². The highest BCUT2D eigenvalue weighted by Crippen LogP contribution is 2.38. The van der Waals surface area contributed by atoms with Gasteiger partial charge in [-0.1, -0.05) is 29.8 Å². The Morgan fingerprint density at radius 3 is 2.79 bits per heavy atom. The highest BCUT2D eigenvalue weighted by Gasteiger charge is 2.36. The van der Waals surface area contributed by atoms with Crippen molar-refractivity contribution < 1.29 is 9.53 Å². The Kier molecular flexibility index (Phi) is 5.50. The van der Waals surface area contributed by atoms with Crippen molar-refractivity contribution in [1.29, 1.82) is 0 Å². The number of nitrogens with one attached hydrogen (secondary N) is 1. The molecule has 2 heterocycles. The number of ether oxygens (including phenoxy) is 1. The van der Waals surface area contributed by atoms with Crippen LogP contribution in [0.4, 0.5) is 0 Å². The van der Waals surface area contributed by atoms with E-state index >= 15 is 0 Å². The van der Waals surface area contributed by atoms with E-state index in [1.165, 1.54) is 11.3 Å². The molecule has 1 aromatic carbocycles. The van der Waals surface area contributed by atoms with Gasteiger partial charge >= 0.3 is 0 Å². The summed E-state index contributed by atoms with van der Waals surface area (Å²) in [5.74, 6) is -0.177. The van der Waals surface area contributed by atoms with Gasteiger partial charge in [-0.15, -0.1) is 11.3 Å². The van der Waals surface area contributed by atoms with Crippen molar-refractivity contribution in [1.82, 2.24) is 10.3 Å². The van der Waals surface area contributed by atoms with E-state index in [1.54, 1.807) is 5.38 Å². The number of thiazole rings is 1. The molecule has 0 aliphatic carbocycles. The molecule has 24 heavy (non-hydrogen) atoms. The lowest BCUT2D eigenvalue weighted by molar-refractivity contribution is 0.0487. The topological polar surface area (TPSA) is 77.2 Å². The van der Waals surface area contributed by atoms with Crippen LogP contribution < -0.4 is 11.1 Å². The van der Waals surface area contributed by atoms with Gasteiger partial charge < -0.3 is 15.8 Å². The van der Waals surface area contributed by atoms with E-state index in [1.807, 2.05) is 24.3 Å². The first-order valence-electron chi connectivity index (χ1n) is 7.90. The number of benzene rings is 1. The van der Waals surface area contributed by atoms with Crippen LogP contribution in [0, 0.1) is 0 Å². The monoisotopic (exact) mass is 365 g/mol. The van der Waals surface area contributed by atoms with Gasteiger partial charge in [0.15, 0.2) is 0 Å². The fourth-order valence-electron chi connectivity index (χ4n) is 3.04. The number of carbonyl (C=O) groups is 1. The van der Waals surface area contributed by atoms with Gasteiger partial charge in [-0.2, -0.15) is 0 Å². The van der Waals surface area contributed by atoms with E-state index in [0.717, 1.165) is 28.4 Å². The number of nitrogens with zero attached hydrogens (tertiary/aromatic N) is 1. The Hall–Kier alpha value is -1.47. The first kappa shape index (κ1) is 17.4. The Morgan fingerprint density at radius 1 is 1.38 bits per heavy atom. The third-order valence-electron chi connectivity index (χ3n) is 4.44. The maximum absolute atomic E-state index is 12.4. The van der Waals surface area contributed by atoms with Crippen LogP contribution in [-0.4, -0.2) is 30.6 Å². The number of halogens is 1. The number of rotatable bonds is 5. The first-order valence-corrected chi connectivity index (χ1v) is 9.16. The van der Waals surface area contributed by atoms with E-state index < -0.39 is 0 Å². The van der Waals surface area contributed by atoms with Gasteiger partial charge in [-0.25, -0.2) is 4.98 Å². The van der Waals surface area contributed by atoms with E-state index in [2.05, 4.69) is 10.3 Å². The molecule has 1 amide bonds. The molecule has 0 bridgehead atoms. The number of nitrogens with two attached hydrogens (primary N) is 1. The number of aromatic nitrogens is 1. The standard InChI is InChI=1S/C17H20ClN3O2S/c18-13-4-2-1-3-12(13)17(5-7-23-8-6-17)11-20-16(22)14-10-24-15(9-19)21-14/h1-4,10H,5-9,11,19H2,(H,20,22). The summed E-state index contributed by atoms with van der Waals surface area (Å²) >= 11 is 7.82. The predicted molar refractivity (Wildman–Crippen MR) is 95.5 cm³/mol. The molecule has 3 rings (SSSR count). The number of hydrogen-bond acceptors (Lipinski definition) is 5. The summed E-state index contributed by atoms with van der Waals surface area (Å²) < 4.78 is 5.52. The molecule has 2 aromatic rings. The van der Waals surface area contributed by atoms with Crippen molar-refractivity contribution in [2.75, 3.05) is 19.8 Å². The average molecular weight is 366 g/mol. The van der Waals surface area contributed by atoms with E-state index in [0.29, 0.717) is 32.0 Å². The lowest BCUT2D eigenvalue weighted by atomic mass is 9.74. The van der Waals surface area contributed by atoms with E-state index in [9.17, 15) is 4.79 Å². The van der Waals surface area contributed by atoms with Crippen LogP contribution >= 0.6 is 22.9 Å². The molecule has 0 spiro atoms. The number of hydrogen-bond donors (Lipinski definition) is 2. The fraction of sp³-hybridized carbons (Fsp3) is 0.412. The molecule has 1 saturated heterocycles. The molecule has 3 N–H and O–H groups in total. The first-order chi connectivity index (χ1) is 11.6. The van der Waals surface area contributed by atoms with Crippen molar-refractivity contribution in [3.8, 4) is 0 Å². The molecule has 1 aromatic heterocycles. The Morgan fingerprint density at radius 2 is 2.12 bits per heavy atom. The van der Waals surface area contributed by atoms with Crippen LogP contribution in [0.5, 0.6) is 0 Å². The molecule has 0 radical (unpaired) electrons. The summed E-state index contributed by atoms with van der Waals surface area (Å²) in [5, 5.41) is 6.25. The molecular weight excluding hydrogens is 346 g/mol. The van der Waals surface area contributed by atoms with Crippen molar-refractivity contribution in [3.05, 3.63) is 50.9 Å². The molecule has 1 fully saturated rings. The number of carbonyl (C=O) groups excluding carboxylic acids is 1. The van der Waals surface area contributed by atoms with Crippen LogP contribution in [0.1, 0.15) is 33.9 Å². The molecule has 128 valence electrons. The minimum absolute atomic E-state index is 0.177. The third-order valence-corrected chi connectivity index (χ3v) is 5.64. The number of amides is 1. The van der Waals surface area contributed by atoms with Crippen LogP contribution in [0.25, 0.3) is 0 Å². The van der Waals surface area contributed by atoms with Gasteiger partial charge in [-0.3, -0.25) is 4.79 Å². The van der Waals surface area contributed by atoms with Crippen molar-refractivity contribution in [2.24, 2.45) is 5.73 Å². The molecule has 1 aliphatic rings. The van der Waals surface area contributed by atoms with Crippen molar-refractivity contribution >= 4 is 28.8 Å². The highest BCUT2D eigenvalue weighted by atomic mass is 35.5. The SMILES string of the molecule is NCc1nc(C(=O)NCC2(c3ccccc3Cl)CCOCC2)cs1. The van der Waals surface area contributed by atoms with E-state index in [-0.39, 0.29) is 11.3 Å². The van der Waals surface area contributed by atoms with Crippen LogP contribution in [0.2, 0.25) is 5.02 Å². The summed E-state index contributed by atoms with van der Waals surface area (Å²) in [6, 6.07) is 7.83. The summed E-state index contributed by atoms with van der Waals surface area (Å²) in [6.45, 7) is 2.18. The second-order valence-corrected chi connectivity index (χ2v) is 7.24. The average Bonchev–Trinajstić information content (AvgIpc) is 3.10. The minimum Gasteiger partial charge on any atom is -0.381 e. The van der Waals surface area contributed by atoms with Gasteiger partial charge in [0.1, 0.15) is 10.7 Å². The lowest BCUT2D eigenvalue weighted by Crippen LogP contribution is -2.44. The van der Waals surface area contributed by atoms with Gasteiger partial charge in [0.05, 0.1) is 0 Å². The second kappa shape index (κ2) is 7.61. The van der Waals surface area contributed by atoms with Gasteiger partial charge in [0.2, 0.25) is 0 Å². The maximum Gasteiger partial charge on any atom is 0.270 e. The zero-order valence-electron chi connectivity index (χ0n) is 13.3. The van der Waals surface area contributed by atoms with Crippen molar-refractivity contribution in [3.63, 3.8) is 0 Å². The summed E-state index contributed by atoms with van der Waals surface area (Å²) in [5.41, 5.74) is 6.83. The molecule has 5 nitrogen and oxygen atoms in total. The normalized spacial score (nSPS) is 16.8. The highest BCUT2D eigenvalue weighted by molar-refractivity contribution is 7.09. The zero-order chi connectivity index (χ0) is 17.0. The molecule has 1 aliphatic heterocycles. The molecule has 7 heteroatoms. The summed E-state index contributed by atoms with van der Waals surface area (Å²) in [7, 11) is 0. The summed E-state index contributed by atoms with van der Waals surface area (Å²) in [6.07, 6.45) is 1.64. The van der Waals surface area contributed by atoms with Crippen LogP contribution in [-0.2, 0) is 16.7 Å². The molecular formula is C17H20ClN3O2S. The predicted octanol–water partition coefficient (Wildman–Crippen LogP) is 2.73. The zero-order valence-corrected chi connectivity index (χ0v) is 14.8. The third kappa shape index (κ3) is 3.62. The van der Waals surface area contributed by atoms with Crippen LogP contribution in [0.15, 0.2) is 29.6 Å². The minimum atomic E-state index is -0.209. The molecule has 0 atom stereocenters. The maximum atomic E-state index is 12.4. The Labute approximate surface area is 150 Å². The fourth-order valence-corrected chi connectivity index (χ4v) is 4.03. The summed E-state index contributed by atoms with van der Waals surface area (Å²) in [4.78, 5) is 16.6. The van der Waals surface area contributed by atoms with Gasteiger partial charge in [0.25, 0.3) is 5.91 Å². The largest absolute Gasteiger partial charge is 0.381 e. The molecule has 0 saturated carbocycles. The van der Waals surface area contributed by atoms with Crippen molar-refractivity contribution in [2.45, 2.75) is 24.8 Å². The Balaban J connectivity index is 1.78. The smallest absolute Gasteiger partial charge is 0.270 e. The quantitative estimate of drug-likeness (QED) is 0.854. The Bertz CT molecular complexity index is 713.